The van der Waals surface area contributed by atoms with Gasteiger partial charge in [-0.1, -0.05) is 30.3 Å². The van der Waals surface area contributed by atoms with E-state index in [1.807, 2.05) is 0 Å². The Hall–Kier alpha value is -3.19. The number of ether oxygens (including phenoxy) is 1. The van der Waals surface area contributed by atoms with Gasteiger partial charge in [0.25, 0.3) is 0 Å². The highest BCUT2D eigenvalue weighted by atomic mass is 32.2. The van der Waals surface area contributed by atoms with Crippen LogP contribution >= 0.6 is 0 Å². The number of hydrogen-bond donors (Lipinski definition) is 1. The maximum atomic E-state index is 13.3. The Morgan fingerprint density at radius 3 is 2.07 bits per heavy atom. The lowest BCUT2D eigenvalue weighted by Crippen LogP contribution is -2.15. The quantitative estimate of drug-likeness (QED) is 0.525. The van der Waals surface area contributed by atoms with E-state index < -0.39 is 21.6 Å². The van der Waals surface area contributed by atoms with Crippen molar-refractivity contribution >= 4 is 21.6 Å². The molecular weight excluding hydrogens is 378 g/mol. The van der Waals surface area contributed by atoms with Crippen LogP contribution in [0.1, 0.15) is 37.7 Å². The van der Waals surface area contributed by atoms with Crippen LogP contribution in [0.2, 0.25) is 0 Å². The maximum absolute atomic E-state index is 13.3. The third-order valence-corrected chi connectivity index (χ3v) is 6.29. The van der Waals surface area contributed by atoms with Gasteiger partial charge in [0.2, 0.25) is 9.84 Å². The van der Waals surface area contributed by atoms with Crippen molar-refractivity contribution in [2.75, 3.05) is 7.11 Å². The molecular formula is C21H19NO5S. The third kappa shape index (κ3) is 3.25. The molecule has 28 heavy (non-hydrogen) atoms. The number of H-pyrrole nitrogens is 1. The number of ketones is 1. The number of hydrogen-bond acceptors (Lipinski definition) is 5. The zero-order chi connectivity index (χ0) is 20.5. The van der Waals surface area contributed by atoms with Crippen molar-refractivity contribution in [2.45, 2.75) is 23.6 Å². The number of carbonyl (C=O) groups is 2. The zero-order valence-electron chi connectivity index (χ0n) is 15.6. The van der Waals surface area contributed by atoms with Gasteiger partial charge >= 0.3 is 5.97 Å². The molecule has 3 rings (SSSR count). The standard InChI is InChI=1S/C21H19NO5S/c1-13-18(19(14(2)22-13)21(24)27-3)20(23)16-11-7-8-12-17(16)28(25,26)15-9-5-4-6-10-15/h4-12,22H,1-3H3. The van der Waals surface area contributed by atoms with Crippen LogP contribution in [0.4, 0.5) is 0 Å². The van der Waals surface area contributed by atoms with Crippen LogP contribution in [-0.4, -0.2) is 32.3 Å². The molecule has 1 N–H and O–H groups in total. The highest BCUT2D eigenvalue weighted by Crippen LogP contribution is 2.29. The molecule has 0 saturated carbocycles. The molecule has 0 atom stereocenters. The fourth-order valence-corrected chi connectivity index (χ4v) is 4.65. The van der Waals surface area contributed by atoms with Crippen molar-refractivity contribution in [3.8, 4) is 0 Å². The fourth-order valence-electron chi connectivity index (χ4n) is 3.17. The zero-order valence-corrected chi connectivity index (χ0v) is 16.5. The summed E-state index contributed by atoms with van der Waals surface area (Å²) in [5.41, 5.74) is 1.17. The Kier molecular flexibility index (Phi) is 5.20. The minimum absolute atomic E-state index is 0.00129. The molecule has 3 aromatic rings. The van der Waals surface area contributed by atoms with Gasteiger partial charge in [-0.2, -0.15) is 0 Å². The van der Waals surface area contributed by atoms with Gasteiger partial charge in [0.05, 0.1) is 28.0 Å². The highest BCUT2D eigenvalue weighted by Gasteiger charge is 2.30. The normalized spacial score (nSPS) is 11.2. The Morgan fingerprint density at radius 1 is 0.857 bits per heavy atom. The molecule has 0 aliphatic rings. The van der Waals surface area contributed by atoms with Crippen LogP contribution in [-0.2, 0) is 14.6 Å². The van der Waals surface area contributed by atoms with Gasteiger partial charge in [-0.15, -0.1) is 0 Å². The summed E-state index contributed by atoms with van der Waals surface area (Å²) < 4.78 is 31.0. The first-order valence-corrected chi connectivity index (χ1v) is 9.98. The van der Waals surface area contributed by atoms with E-state index >= 15 is 0 Å². The van der Waals surface area contributed by atoms with E-state index in [-0.39, 0.29) is 26.5 Å². The number of methoxy groups -OCH3 is 1. The number of esters is 1. The molecule has 0 aliphatic carbocycles. The van der Waals surface area contributed by atoms with Gasteiger partial charge in [0, 0.05) is 17.0 Å². The summed E-state index contributed by atoms with van der Waals surface area (Å²) in [4.78, 5) is 28.5. The van der Waals surface area contributed by atoms with E-state index in [0.29, 0.717) is 11.4 Å². The van der Waals surface area contributed by atoms with Crippen LogP contribution in [0.15, 0.2) is 64.4 Å². The molecule has 2 aromatic carbocycles. The summed E-state index contributed by atoms with van der Waals surface area (Å²) in [7, 11) is -2.69. The molecule has 7 heteroatoms. The minimum atomic E-state index is -3.91. The summed E-state index contributed by atoms with van der Waals surface area (Å²) in [6.07, 6.45) is 0. The molecule has 0 bridgehead atoms. The number of rotatable bonds is 5. The lowest BCUT2D eigenvalue weighted by atomic mass is 9.99. The van der Waals surface area contributed by atoms with E-state index in [1.165, 1.54) is 31.4 Å². The van der Waals surface area contributed by atoms with Crippen molar-refractivity contribution in [3.05, 3.63) is 82.7 Å². The predicted molar refractivity (Wildman–Crippen MR) is 103 cm³/mol. The van der Waals surface area contributed by atoms with Crippen molar-refractivity contribution < 1.29 is 22.7 Å². The number of carbonyl (C=O) groups excluding carboxylic acids is 2. The number of sulfone groups is 1. The number of nitrogens with one attached hydrogen (secondary N) is 1. The lowest BCUT2D eigenvalue weighted by Gasteiger charge is -2.11. The monoisotopic (exact) mass is 397 g/mol. The van der Waals surface area contributed by atoms with Gasteiger partial charge in [-0.3, -0.25) is 4.79 Å². The fraction of sp³-hybridized carbons (Fsp3) is 0.143. The van der Waals surface area contributed by atoms with E-state index in [9.17, 15) is 18.0 Å². The summed E-state index contributed by atoms with van der Waals surface area (Å²) >= 11 is 0. The first kappa shape index (κ1) is 19.6. The molecule has 144 valence electrons. The Bertz CT molecular complexity index is 1160. The summed E-state index contributed by atoms with van der Waals surface area (Å²) in [6.45, 7) is 3.31. The van der Waals surface area contributed by atoms with Gasteiger partial charge in [-0.25, -0.2) is 13.2 Å². The topological polar surface area (TPSA) is 93.3 Å². The molecule has 0 fully saturated rings. The molecule has 6 nitrogen and oxygen atoms in total. The van der Waals surface area contributed by atoms with Crippen LogP contribution in [0, 0.1) is 13.8 Å². The van der Waals surface area contributed by atoms with Gasteiger partial charge in [-0.05, 0) is 38.1 Å². The number of aryl methyl sites for hydroxylation is 2. The summed E-state index contributed by atoms with van der Waals surface area (Å²) in [5.74, 6) is -1.22. The van der Waals surface area contributed by atoms with Crippen LogP contribution in [0.25, 0.3) is 0 Å². The van der Waals surface area contributed by atoms with Crippen LogP contribution in [0.5, 0.6) is 0 Å². The molecule has 0 saturated heterocycles. The molecule has 0 amide bonds. The molecule has 1 heterocycles. The van der Waals surface area contributed by atoms with E-state index in [2.05, 4.69) is 4.98 Å². The third-order valence-electron chi connectivity index (χ3n) is 4.47. The Morgan fingerprint density at radius 2 is 1.43 bits per heavy atom. The number of aromatic nitrogens is 1. The SMILES string of the molecule is COC(=O)c1c(C)[nH]c(C)c1C(=O)c1ccccc1S(=O)(=O)c1ccccc1. The summed E-state index contributed by atoms with van der Waals surface area (Å²) in [6, 6.07) is 13.9. The van der Waals surface area contributed by atoms with Gasteiger partial charge in [0.15, 0.2) is 5.78 Å². The smallest absolute Gasteiger partial charge is 0.340 e. The first-order chi connectivity index (χ1) is 13.3. The highest BCUT2D eigenvalue weighted by molar-refractivity contribution is 7.91. The van der Waals surface area contributed by atoms with Crippen molar-refractivity contribution in [1.82, 2.24) is 4.98 Å². The number of aromatic amines is 1. The van der Waals surface area contributed by atoms with E-state index in [1.54, 1.807) is 44.2 Å². The largest absolute Gasteiger partial charge is 0.465 e. The van der Waals surface area contributed by atoms with Crippen LogP contribution in [0.3, 0.4) is 0 Å². The van der Waals surface area contributed by atoms with E-state index in [4.69, 9.17) is 4.74 Å². The summed E-state index contributed by atoms with van der Waals surface area (Å²) in [5, 5.41) is 0. The predicted octanol–water partition coefficient (Wildman–Crippen LogP) is 3.48. The molecule has 0 unspecified atom stereocenters. The second kappa shape index (κ2) is 7.44. The molecule has 0 radical (unpaired) electrons. The average Bonchev–Trinajstić information content (AvgIpc) is 3.01. The maximum Gasteiger partial charge on any atom is 0.340 e. The Labute approximate surface area is 163 Å². The van der Waals surface area contributed by atoms with Gasteiger partial charge < -0.3 is 9.72 Å². The molecule has 0 spiro atoms. The van der Waals surface area contributed by atoms with Crippen molar-refractivity contribution in [3.63, 3.8) is 0 Å². The second-order valence-electron chi connectivity index (χ2n) is 6.26. The van der Waals surface area contributed by atoms with Gasteiger partial charge in [0.1, 0.15) is 0 Å². The first-order valence-electron chi connectivity index (χ1n) is 8.50. The minimum Gasteiger partial charge on any atom is -0.465 e. The average molecular weight is 397 g/mol. The van der Waals surface area contributed by atoms with Crippen LogP contribution < -0.4 is 0 Å². The lowest BCUT2D eigenvalue weighted by molar-refractivity contribution is 0.0597. The number of benzene rings is 2. The molecule has 0 aliphatic heterocycles. The Balaban J connectivity index is 2.21. The second-order valence-corrected chi connectivity index (χ2v) is 8.18. The van der Waals surface area contributed by atoms with E-state index in [0.717, 1.165) is 0 Å². The van der Waals surface area contributed by atoms with Crippen molar-refractivity contribution in [2.24, 2.45) is 0 Å². The molecule has 1 aromatic heterocycles. The van der Waals surface area contributed by atoms with Crippen molar-refractivity contribution in [1.29, 1.82) is 0 Å².